The number of hydrogen-bond acceptors (Lipinski definition) is 4. The third-order valence-corrected chi connectivity index (χ3v) is 3.73. The summed E-state index contributed by atoms with van der Waals surface area (Å²) in [5, 5.41) is 14.9. The Kier molecular flexibility index (Phi) is 4.94. The SMILES string of the molecule is O=C(O)c1cc(Cl)c(F)c(NC(=O)c2ncn(Cc3ccccc3)n2)c1. The number of carboxylic acids is 1. The van der Waals surface area contributed by atoms with Crippen LogP contribution in [0.15, 0.2) is 48.8 Å². The van der Waals surface area contributed by atoms with Crippen LogP contribution in [0.5, 0.6) is 0 Å². The van der Waals surface area contributed by atoms with Crippen LogP contribution in [0.25, 0.3) is 0 Å². The number of hydrogen-bond donors (Lipinski definition) is 2. The maximum atomic E-state index is 14.0. The fraction of sp³-hybridized carbons (Fsp3) is 0.0588. The van der Waals surface area contributed by atoms with Crippen LogP contribution in [0.2, 0.25) is 5.02 Å². The Morgan fingerprint density at radius 1 is 1.23 bits per heavy atom. The minimum atomic E-state index is -1.30. The quantitative estimate of drug-likeness (QED) is 0.715. The van der Waals surface area contributed by atoms with Crippen molar-refractivity contribution >= 4 is 29.2 Å². The average molecular weight is 375 g/mol. The molecule has 7 nitrogen and oxygen atoms in total. The summed E-state index contributed by atoms with van der Waals surface area (Å²) in [7, 11) is 0. The zero-order chi connectivity index (χ0) is 18.7. The van der Waals surface area contributed by atoms with E-state index in [4.69, 9.17) is 16.7 Å². The molecule has 0 atom stereocenters. The maximum Gasteiger partial charge on any atom is 0.335 e. The van der Waals surface area contributed by atoms with E-state index in [0.29, 0.717) is 6.54 Å². The number of anilines is 1. The number of aromatic nitrogens is 3. The van der Waals surface area contributed by atoms with Gasteiger partial charge in [0.15, 0.2) is 5.82 Å². The van der Waals surface area contributed by atoms with Crippen LogP contribution < -0.4 is 5.32 Å². The molecule has 0 fully saturated rings. The van der Waals surface area contributed by atoms with Crippen molar-refractivity contribution in [1.29, 1.82) is 0 Å². The van der Waals surface area contributed by atoms with Crippen molar-refractivity contribution in [3.05, 3.63) is 76.6 Å². The predicted octanol–water partition coefficient (Wildman–Crippen LogP) is 3.07. The van der Waals surface area contributed by atoms with Gasteiger partial charge in [0.25, 0.3) is 5.91 Å². The number of nitrogens with zero attached hydrogens (tertiary/aromatic N) is 3. The largest absolute Gasteiger partial charge is 0.478 e. The summed E-state index contributed by atoms with van der Waals surface area (Å²) < 4.78 is 15.5. The van der Waals surface area contributed by atoms with Gasteiger partial charge in [-0.3, -0.25) is 4.79 Å². The number of rotatable bonds is 5. The standard InChI is InChI=1S/C17H12ClFN4O3/c18-12-6-11(17(25)26)7-13(14(12)19)21-16(24)15-20-9-23(22-15)8-10-4-2-1-3-5-10/h1-7,9H,8H2,(H,21,24)(H,25,26). The number of halogens is 2. The molecular formula is C17H12ClFN4O3. The van der Waals surface area contributed by atoms with Gasteiger partial charge in [0.1, 0.15) is 6.33 Å². The van der Waals surface area contributed by atoms with Gasteiger partial charge in [-0.05, 0) is 17.7 Å². The number of benzene rings is 2. The van der Waals surface area contributed by atoms with Gasteiger partial charge in [-0.1, -0.05) is 41.9 Å². The second kappa shape index (κ2) is 7.32. The Hall–Kier alpha value is -3.26. The fourth-order valence-electron chi connectivity index (χ4n) is 2.23. The Balaban J connectivity index is 1.78. The van der Waals surface area contributed by atoms with E-state index in [-0.39, 0.29) is 17.1 Å². The molecule has 2 N–H and O–H groups in total. The van der Waals surface area contributed by atoms with Crippen LogP contribution in [0, 0.1) is 5.82 Å². The summed E-state index contributed by atoms with van der Waals surface area (Å²) in [5.41, 5.74) is 0.352. The molecule has 0 unspecified atom stereocenters. The maximum absolute atomic E-state index is 14.0. The lowest BCUT2D eigenvalue weighted by molar-refractivity contribution is 0.0696. The Bertz CT molecular complexity index is 975. The highest BCUT2D eigenvalue weighted by atomic mass is 35.5. The average Bonchev–Trinajstić information content (AvgIpc) is 3.08. The van der Waals surface area contributed by atoms with Gasteiger partial charge in [0.2, 0.25) is 5.82 Å². The first-order chi connectivity index (χ1) is 12.4. The normalized spacial score (nSPS) is 10.5. The second-order valence-electron chi connectivity index (χ2n) is 5.33. The molecule has 0 aliphatic rings. The summed E-state index contributed by atoms with van der Waals surface area (Å²) in [6.07, 6.45) is 1.37. The van der Waals surface area contributed by atoms with Crippen molar-refractivity contribution in [1.82, 2.24) is 14.8 Å². The van der Waals surface area contributed by atoms with Crippen molar-refractivity contribution in [2.75, 3.05) is 5.32 Å². The molecule has 0 aliphatic carbocycles. The number of carbonyl (C=O) groups excluding carboxylic acids is 1. The minimum absolute atomic E-state index is 0.183. The molecule has 0 radical (unpaired) electrons. The molecule has 0 saturated carbocycles. The number of nitrogens with one attached hydrogen (secondary N) is 1. The summed E-state index contributed by atoms with van der Waals surface area (Å²) in [5.74, 6) is -3.20. The molecule has 26 heavy (non-hydrogen) atoms. The topological polar surface area (TPSA) is 97.1 Å². The third kappa shape index (κ3) is 3.86. The molecule has 1 amide bonds. The summed E-state index contributed by atoms with van der Waals surface area (Å²) in [6, 6.07) is 11.4. The molecule has 1 heterocycles. The van der Waals surface area contributed by atoms with Crippen LogP contribution in [-0.4, -0.2) is 31.7 Å². The third-order valence-electron chi connectivity index (χ3n) is 3.45. The van der Waals surface area contributed by atoms with Gasteiger partial charge < -0.3 is 10.4 Å². The predicted molar refractivity (Wildman–Crippen MR) is 91.9 cm³/mol. The Morgan fingerprint density at radius 3 is 2.65 bits per heavy atom. The van der Waals surface area contributed by atoms with Crippen LogP contribution in [-0.2, 0) is 6.54 Å². The highest BCUT2D eigenvalue weighted by Gasteiger charge is 2.18. The van der Waals surface area contributed by atoms with Crippen molar-refractivity contribution in [3.63, 3.8) is 0 Å². The van der Waals surface area contributed by atoms with Gasteiger partial charge in [0.05, 0.1) is 22.8 Å². The highest BCUT2D eigenvalue weighted by Crippen LogP contribution is 2.25. The van der Waals surface area contributed by atoms with E-state index in [2.05, 4.69) is 15.4 Å². The van der Waals surface area contributed by atoms with Gasteiger partial charge >= 0.3 is 5.97 Å². The zero-order valence-corrected chi connectivity index (χ0v) is 13.9. The lowest BCUT2D eigenvalue weighted by Gasteiger charge is -2.07. The summed E-state index contributed by atoms with van der Waals surface area (Å²) in [4.78, 5) is 27.1. The monoisotopic (exact) mass is 374 g/mol. The van der Waals surface area contributed by atoms with Gasteiger partial charge in [-0.25, -0.2) is 18.9 Å². The minimum Gasteiger partial charge on any atom is -0.478 e. The van der Waals surface area contributed by atoms with Crippen molar-refractivity contribution in [3.8, 4) is 0 Å². The smallest absolute Gasteiger partial charge is 0.335 e. The Labute approximate surface area is 152 Å². The van der Waals surface area contributed by atoms with Gasteiger partial charge in [-0.15, -0.1) is 5.10 Å². The number of carbonyl (C=O) groups is 2. The number of amides is 1. The van der Waals surface area contributed by atoms with Crippen LogP contribution in [0.3, 0.4) is 0 Å². The van der Waals surface area contributed by atoms with E-state index >= 15 is 0 Å². The number of carboxylic acid groups (broad SMARTS) is 1. The fourth-order valence-corrected chi connectivity index (χ4v) is 2.45. The van der Waals surface area contributed by atoms with E-state index in [0.717, 1.165) is 17.7 Å². The molecule has 2 aromatic carbocycles. The first-order valence-corrected chi connectivity index (χ1v) is 7.79. The van der Waals surface area contributed by atoms with Crippen LogP contribution in [0.1, 0.15) is 26.5 Å². The molecule has 0 bridgehead atoms. The van der Waals surface area contributed by atoms with Crippen LogP contribution >= 0.6 is 11.6 Å². The van der Waals surface area contributed by atoms with Gasteiger partial charge in [0, 0.05) is 0 Å². The van der Waals surface area contributed by atoms with Gasteiger partial charge in [-0.2, -0.15) is 0 Å². The Morgan fingerprint density at radius 2 is 1.96 bits per heavy atom. The van der Waals surface area contributed by atoms with E-state index in [1.165, 1.54) is 11.0 Å². The van der Waals surface area contributed by atoms with E-state index in [1.807, 2.05) is 30.3 Å². The van der Waals surface area contributed by atoms with Crippen LogP contribution in [0.4, 0.5) is 10.1 Å². The highest BCUT2D eigenvalue weighted by molar-refractivity contribution is 6.31. The molecule has 3 rings (SSSR count). The molecule has 9 heteroatoms. The molecule has 132 valence electrons. The molecule has 1 aromatic heterocycles. The van der Waals surface area contributed by atoms with E-state index in [9.17, 15) is 14.0 Å². The van der Waals surface area contributed by atoms with E-state index in [1.54, 1.807) is 0 Å². The molecule has 0 spiro atoms. The zero-order valence-electron chi connectivity index (χ0n) is 13.2. The molecule has 3 aromatic rings. The lowest BCUT2D eigenvalue weighted by atomic mass is 10.2. The molecule has 0 aliphatic heterocycles. The molecule has 0 saturated heterocycles. The van der Waals surface area contributed by atoms with E-state index < -0.39 is 22.7 Å². The second-order valence-corrected chi connectivity index (χ2v) is 5.74. The first kappa shape index (κ1) is 17.6. The van der Waals surface area contributed by atoms with Crippen molar-refractivity contribution in [2.45, 2.75) is 6.54 Å². The number of aromatic carboxylic acids is 1. The van der Waals surface area contributed by atoms with Crippen molar-refractivity contribution < 1.29 is 19.1 Å². The first-order valence-electron chi connectivity index (χ1n) is 7.41. The molecular weight excluding hydrogens is 363 g/mol. The summed E-state index contributed by atoms with van der Waals surface area (Å²) in [6.45, 7) is 0.413. The summed E-state index contributed by atoms with van der Waals surface area (Å²) >= 11 is 5.66. The lowest BCUT2D eigenvalue weighted by Crippen LogP contribution is -2.16. The van der Waals surface area contributed by atoms with Crippen molar-refractivity contribution in [2.24, 2.45) is 0 Å².